The van der Waals surface area contributed by atoms with E-state index in [0.29, 0.717) is 11.7 Å². The van der Waals surface area contributed by atoms with Crippen LogP contribution in [0, 0.1) is 6.92 Å². The first kappa shape index (κ1) is 14.6. The lowest BCUT2D eigenvalue weighted by atomic mass is 9.95. The van der Waals surface area contributed by atoms with Gasteiger partial charge in [-0.05, 0) is 53.7 Å². The summed E-state index contributed by atoms with van der Waals surface area (Å²) in [5.74, 6) is 0. The largest absolute Gasteiger partial charge is 0.546 e. The third-order valence-corrected chi connectivity index (χ3v) is 4.25. The molecule has 2 nitrogen and oxygen atoms in total. The van der Waals surface area contributed by atoms with Gasteiger partial charge in [0.1, 0.15) is 0 Å². The fraction of sp³-hybridized carbons (Fsp3) is 0.176. The summed E-state index contributed by atoms with van der Waals surface area (Å²) in [6.45, 7) is 3.97. The summed E-state index contributed by atoms with van der Waals surface area (Å²) in [7, 11) is -2.31. The highest BCUT2D eigenvalue weighted by atomic mass is 31.1. The van der Waals surface area contributed by atoms with Crippen LogP contribution in [0.15, 0.2) is 54.6 Å². The zero-order valence-corrected chi connectivity index (χ0v) is 12.6. The van der Waals surface area contributed by atoms with Gasteiger partial charge in [0, 0.05) is 5.56 Å². The molecule has 0 heterocycles. The van der Waals surface area contributed by atoms with Crippen molar-refractivity contribution in [1.82, 2.24) is 0 Å². The molecule has 0 fully saturated rings. The first-order valence-electron chi connectivity index (χ1n) is 6.60. The van der Waals surface area contributed by atoms with E-state index in [-0.39, 0.29) is 0 Å². The third kappa shape index (κ3) is 3.04. The highest BCUT2D eigenvalue weighted by Gasteiger charge is 2.23. The van der Waals surface area contributed by atoms with Crippen molar-refractivity contribution in [2.75, 3.05) is 0 Å². The molecule has 0 saturated heterocycles. The number of hydrogen-bond donors (Lipinski definition) is 1. The summed E-state index contributed by atoms with van der Waals surface area (Å²) in [5, 5.41) is 0.537. The summed E-state index contributed by atoms with van der Waals surface area (Å²) >= 11 is 0. The summed E-state index contributed by atoms with van der Waals surface area (Å²) in [5.41, 5.74) is 4.27. The summed E-state index contributed by atoms with van der Waals surface area (Å²) in [6, 6.07) is 13.8. The maximum Gasteiger partial charge on any atom is 0.546 e. The number of benzene rings is 2. The number of rotatable bonds is 4. The highest BCUT2D eigenvalue weighted by Crippen LogP contribution is 2.28. The van der Waals surface area contributed by atoms with Crippen LogP contribution in [-0.4, -0.2) is 4.89 Å². The van der Waals surface area contributed by atoms with Crippen molar-refractivity contribution < 1.29 is 9.46 Å². The average molecular weight is 285 g/mol. The van der Waals surface area contributed by atoms with Crippen LogP contribution < -0.4 is 5.30 Å². The smallest absolute Gasteiger partial charge is 0.156 e. The maximum absolute atomic E-state index is 11.5. The van der Waals surface area contributed by atoms with Gasteiger partial charge < -0.3 is 0 Å². The predicted molar refractivity (Wildman–Crippen MR) is 84.6 cm³/mol. The van der Waals surface area contributed by atoms with Gasteiger partial charge in [-0.1, -0.05) is 42.5 Å². The monoisotopic (exact) mass is 285 g/mol. The molecule has 2 aromatic rings. The molecule has 20 heavy (non-hydrogen) atoms. The second-order valence-corrected chi connectivity index (χ2v) is 5.68. The van der Waals surface area contributed by atoms with Crippen LogP contribution in [0.25, 0.3) is 11.1 Å². The van der Waals surface area contributed by atoms with E-state index < -0.39 is 8.03 Å². The molecular formula is C17H18O2P+. The van der Waals surface area contributed by atoms with Gasteiger partial charge >= 0.3 is 8.03 Å². The first-order chi connectivity index (χ1) is 9.65. The standard InChI is InChI=1S/C17H17O2P/c1-3-4-10-16-13(2)15(11-12-17(16)20(18)19)14-8-6-5-7-9-14/h3-9,11-12H,10H2,1-2H3/p+1. The fourth-order valence-corrected chi connectivity index (χ4v) is 3.04. The Bertz CT molecular complexity index is 646. The SMILES string of the molecule is CC=CCc1c([P+](=O)O)ccc(-c2ccccc2)c1C. The van der Waals surface area contributed by atoms with E-state index in [0.717, 1.165) is 22.3 Å². The molecule has 2 rings (SSSR count). The number of hydrogen-bond acceptors (Lipinski definition) is 1. The highest BCUT2D eigenvalue weighted by molar-refractivity contribution is 7.47. The molecule has 1 unspecified atom stereocenters. The Morgan fingerprint density at radius 2 is 1.85 bits per heavy atom. The Morgan fingerprint density at radius 3 is 2.45 bits per heavy atom. The van der Waals surface area contributed by atoms with Crippen LogP contribution in [-0.2, 0) is 11.0 Å². The van der Waals surface area contributed by atoms with Crippen LogP contribution in [0.3, 0.4) is 0 Å². The molecule has 0 spiro atoms. The van der Waals surface area contributed by atoms with Crippen LogP contribution in [0.2, 0.25) is 0 Å². The molecule has 0 aliphatic heterocycles. The minimum atomic E-state index is -2.31. The van der Waals surface area contributed by atoms with Gasteiger partial charge in [0.2, 0.25) is 5.30 Å². The van der Waals surface area contributed by atoms with Crippen molar-refractivity contribution in [1.29, 1.82) is 0 Å². The molecule has 0 aliphatic rings. The fourth-order valence-electron chi connectivity index (χ4n) is 2.35. The molecule has 0 saturated carbocycles. The van der Waals surface area contributed by atoms with Gasteiger partial charge in [-0.2, -0.15) is 4.89 Å². The van der Waals surface area contributed by atoms with E-state index in [2.05, 4.69) is 12.1 Å². The summed E-state index contributed by atoms with van der Waals surface area (Å²) < 4.78 is 11.5. The zero-order chi connectivity index (χ0) is 14.5. The second-order valence-electron chi connectivity index (χ2n) is 4.65. The maximum atomic E-state index is 11.5. The van der Waals surface area contributed by atoms with Crippen molar-refractivity contribution >= 4 is 13.3 Å². The first-order valence-corrected chi connectivity index (χ1v) is 7.81. The molecule has 0 radical (unpaired) electrons. The second kappa shape index (κ2) is 6.60. The Morgan fingerprint density at radius 1 is 1.15 bits per heavy atom. The van der Waals surface area contributed by atoms with Crippen LogP contribution in [0.5, 0.6) is 0 Å². The zero-order valence-electron chi connectivity index (χ0n) is 11.7. The lowest BCUT2D eigenvalue weighted by Gasteiger charge is -2.10. The Labute approximate surface area is 120 Å². The van der Waals surface area contributed by atoms with Crippen molar-refractivity contribution in [3.05, 3.63) is 65.7 Å². The Hall–Kier alpha value is -1.76. The van der Waals surface area contributed by atoms with Crippen molar-refractivity contribution in [3.8, 4) is 11.1 Å². The lowest BCUT2D eigenvalue weighted by molar-refractivity contribution is 0.513. The van der Waals surface area contributed by atoms with Gasteiger partial charge in [-0.25, -0.2) is 0 Å². The van der Waals surface area contributed by atoms with E-state index in [1.165, 1.54) is 0 Å². The van der Waals surface area contributed by atoms with Gasteiger partial charge in [-0.3, -0.25) is 0 Å². The average Bonchev–Trinajstić information content (AvgIpc) is 2.46. The quantitative estimate of drug-likeness (QED) is 0.677. The molecule has 0 aromatic heterocycles. The van der Waals surface area contributed by atoms with Crippen LogP contribution in [0.1, 0.15) is 18.1 Å². The Balaban J connectivity index is 2.59. The Kier molecular flexibility index (Phi) is 4.84. The molecule has 3 heteroatoms. The third-order valence-electron chi connectivity index (χ3n) is 3.42. The molecular weight excluding hydrogens is 267 g/mol. The van der Waals surface area contributed by atoms with E-state index in [4.69, 9.17) is 0 Å². The summed E-state index contributed by atoms with van der Waals surface area (Å²) in [6.07, 6.45) is 4.66. The van der Waals surface area contributed by atoms with Crippen LogP contribution >= 0.6 is 8.03 Å². The topological polar surface area (TPSA) is 37.3 Å². The summed E-state index contributed by atoms with van der Waals surface area (Å²) in [4.78, 5) is 9.47. The normalized spacial score (nSPS) is 11.8. The molecule has 102 valence electrons. The molecule has 1 N–H and O–H groups in total. The van der Waals surface area contributed by atoms with Crippen molar-refractivity contribution in [3.63, 3.8) is 0 Å². The van der Waals surface area contributed by atoms with Crippen LogP contribution in [0.4, 0.5) is 0 Å². The molecule has 2 aromatic carbocycles. The van der Waals surface area contributed by atoms with E-state index >= 15 is 0 Å². The van der Waals surface area contributed by atoms with E-state index in [1.807, 2.05) is 50.3 Å². The lowest BCUT2D eigenvalue weighted by Crippen LogP contribution is -2.08. The van der Waals surface area contributed by atoms with Gasteiger partial charge in [0.05, 0.1) is 0 Å². The number of allylic oxidation sites excluding steroid dienone is 2. The minimum absolute atomic E-state index is 0.537. The van der Waals surface area contributed by atoms with E-state index in [9.17, 15) is 9.46 Å². The predicted octanol–water partition coefficient (Wildman–Crippen LogP) is 4.14. The van der Waals surface area contributed by atoms with Gasteiger partial charge in [0.25, 0.3) is 0 Å². The van der Waals surface area contributed by atoms with E-state index in [1.54, 1.807) is 6.07 Å². The van der Waals surface area contributed by atoms with Crippen molar-refractivity contribution in [2.45, 2.75) is 20.3 Å². The minimum Gasteiger partial charge on any atom is -0.156 e. The molecule has 0 bridgehead atoms. The molecule has 0 amide bonds. The van der Waals surface area contributed by atoms with Crippen molar-refractivity contribution in [2.24, 2.45) is 0 Å². The molecule has 0 aliphatic carbocycles. The molecule has 1 atom stereocenters. The van der Waals surface area contributed by atoms with Gasteiger partial charge in [0.15, 0.2) is 0 Å². The van der Waals surface area contributed by atoms with Gasteiger partial charge in [-0.15, -0.1) is 0 Å².